The first-order valence-electron chi connectivity index (χ1n) is 14.5. The van der Waals surface area contributed by atoms with Crippen molar-refractivity contribution >= 4 is 23.2 Å². The Balaban J connectivity index is 1.46. The minimum Gasteiger partial charge on any atom is -0.480 e. The Hall–Kier alpha value is -4.96. The Morgan fingerprint density at radius 2 is 1.73 bits per heavy atom. The van der Waals surface area contributed by atoms with Crippen molar-refractivity contribution < 1.29 is 49.8 Å². The van der Waals surface area contributed by atoms with Gasteiger partial charge in [0, 0.05) is 55.0 Å². The summed E-state index contributed by atoms with van der Waals surface area (Å²) in [5, 5.41) is 11.9. The number of nitrogens with zero attached hydrogens (tertiary/aromatic N) is 4. The first-order valence-corrected chi connectivity index (χ1v) is 14.5. The number of rotatable bonds is 7. The van der Waals surface area contributed by atoms with Crippen LogP contribution < -0.4 is 15.8 Å². The molecule has 4 heterocycles. The number of anilines is 1. The molecule has 1 amide bonds. The molecule has 9 nitrogen and oxygen atoms in total. The molecule has 1 fully saturated rings. The highest BCUT2D eigenvalue weighted by Gasteiger charge is 2.45. The van der Waals surface area contributed by atoms with Crippen LogP contribution in [0.1, 0.15) is 46.6 Å². The van der Waals surface area contributed by atoms with Gasteiger partial charge in [-0.25, -0.2) is 18.6 Å². The third-order valence-corrected chi connectivity index (χ3v) is 8.36. The molecule has 4 aromatic rings. The molecular weight excluding hydrogens is 658 g/mol. The first-order chi connectivity index (χ1) is 22.4. The highest BCUT2D eigenvalue weighted by molar-refractivity contribution is 5.97. The van der Waals surface area contributed by atoms with Gasteiger partial charge in [0.1, 0.15) is 34.9 Å². The van der Waals surface area contributed by atoms with Gasteiger partial charge >= 0.3 is 18.3 Å². The van der Waals surface area contributed by atoms with Gasteiger partial charge in [-0.2, -0.15) is 26.3 Å². The van der Waals surface area contributed by atoms with E-state index in [1.54, 1.807) is 0 Å². The Morgan fingerprint density at radius 1 is 1.06 bits per heavy atom. The number of imidazole rings is 1. The zero-order valence-corrected chi connectivity index (χ0v) is 25.2. The number of alkyl halides is 6. The SMILES string of the molecule is Cc1cc(C(F)(F)F)c(-c2ccc(C[C@H](NC(=O)c3c(F)cc(N4CCCC[C@@H]4C(F)(F)F)cc3F)C(=O)O)n3ccnc23)c(=O)n1C. The van der Waals surface area contributed by atoms with Gasteiger partial charge in [-0.3, -0.25) is 9.59 Å². The van der Waals surface area contributed by atoms with E-state index in [4.69, 9.17) is 0 Å². The van der Waals surface area contributed by atoms with Crippen LogP contribution in [0.3, 0.4) is 0 Å². The summed E-state index contributed by atoms with van der Waals surface area (Å²) in [5.74, 6) is -6.18. The fourth-order valence-corrected chi connectivity index (χ4v) is 5.90. The van der Waals surface area contributed by atoms with E-state index >= 15 is 8.78 Å². The molecule has 17 heteroatoms. The monoisotopic (exact) mass is 685 g/mol. The summed E-state index contributed by atoms with van der Waals surface area (Å²) >= 11 is 0. The van der Waals surface area contributed by atoms with Gasteiger partial charge in [0.25, 0.3) is 11.5 Å². The van der Waals surface area contributed by atoms with E-state index in [1.165, 1.54) is 36.8 Å². The third kappa shape index (κ3) is 6.44. The molecule has 3 aromatic heterocycles. The van der Waals surface area contributed by atoms with Gasteiger partial charge in [-0.05, 0) is 56.5 Å². The van der Waals surface area contributed by atoms with Crippen LogP contribution in [0.2, 0.25) is 0 Å². The molecule has 5 rings (SSSR count). The zero-order valence-electron chi connectivity index (χ0n) is 25.2. The van der Waals surface area contributed by atoms with E-state index in [9.17, 15) is 45.8 Å². The summed E-state index contributed by atoms with van der Waals surface area (Å²) in [5.41, 5.74) is -4.73. The maximum absolute atomic E-state index is 15.1. The number of carboxylic acids is 1. The molecular formula is C31H27F8N5O4. The van der Waals surface area contributed by atoms with Crippen LogP contribution in [0.25, 0.3) is 16.8 Å². The lowest BCUT2D eigenvalue weighted by Gasteiger charge is -2.38. The standard InChI is InChI=1S/C31H27F8N5O4/c1-15-11-19(30(34,35)36)24(28(46)42(15)2)18-7-6-16(44-10-8-40-26(18)44)14-22(29(47)48)41-27(45)25-20(32)12-17(13-21(25)33)43-9-4-3-5-23(43)31(37,38)39/h6-8,10-13,22-23H,3-5,9,14H2,1-2H3,(H,41,45)(H,47,48)/t22-,23+/m0/s1. The summed E-state index contributed by atoms with van der Waals surface area (Å²) in [6.07, 6.45) is -7.35. The molecule has 2 atom stereocenters. The number of aryl methyl sites for hydroxylation is 1. The van der Waals surface area contributed by atoms with Crippen LogP contribution in [-0.2, 0) is 24.4 Å². The lowest BCUT2D eigenvalue weighted by atomic mass is 9.99. The Kier molecular flexibility index (Phi) is 9.01. The average Bonchev–Trinajstić information content (AvgIpc) is 3.49. The molecule has 0 radical (unpaired) electrons. The van der Waals surface area contributed by atoms with Gasteiger partial charge in [-0.15, -0.1) is 0 Å². The van der Waals surface area contributed by atoms with Gasteiger partial charge in [0.2, 0.25) is 0 Å². The van der Waals surface area contributed by atoms with E-state index in [2.05, 4.69) is 4.98 Å². The van der Waals surface area contributed by atoms with Crippen molar-refractivity contribution in [3.8, 4) is 11.1 Å². The normalized spacial score (nSPS) is 16.3. The fourth-order valence-electron chi connectivity index (χ4n) is 5.90. The number of piperidine rings is 1. The highest BCUT2D eigenvalue weighted by atomic mass is 19.4. The molecule has 0 bridgehead atoms. The number of halogens is 8. The van der Waals surface area contributed by atoms with E-state index in [1.807, 2.05) is 5.32 Å². The number of hydrogen-bond donors (Lipinski definition) is 2. The Morgan fingerprint density at radius 3 is 2.33 bits per heavy atom. The maximum Gasteiger partial charge on any atom is 0.417 e. The van der Waals surface area contributed by atoms with Gasteiger partial charge in [0.15, 0.2) is 0 Å². The third-order valence-electron chi connectivity index (χ3n) is 8.36. The molecule has 256 valence electrons. The van der Waals surface area contributed by atoms with E-state index in [-0.39, 0.29) is 42.0 Å². The largest absolute Gasteiger partial charge is 0.480 e. The predicted molar refractivity (Wildman–Crippen MR) is 156 cm³/mol. The maximum atomic E-state index is 15.1. The second kappa shape index (κ2) is 12.6. The van der Waals surface area contributed by atoms with Crippen molar-refractivity contribution in [1.82, 2.24) is 19.3 Å². The smallest absolute Gasteiger partial charge is 0.417 e. The van der Waals surface area contributed by atoms with Crippen molar-refractivity contribution in [2.75, 3.05) is 11.4 Å². The number of aliphatic carboxylic acids is 1. The number of carboxylic acid groups (broad SMARTS) is 1. The number of carbonyl (C=O) groups is 2. The van der Waals surface area contributed by atoms with E-state index in [0.29, 0.717) is 18.6 Å². The van der Waals surface area contributed by atoms with Crippen molar-refractivity contribution in [1.29, 1.82) is 0 Å². The highest BCUT2D eigenvalue weighted by Crippen LogP contribution is 2.38. The molecule has 1 aromatic carbocycles. The first kappa shape index (κ1) is 34.4. The van der Waals surface area contributed by atoms with Gasteiger partial charge < -0.3 is 24.3 Å². The number of fused-ring (bicyclic) bond motifs is 1. The molecule has 0 spiro atoms. The number of nitrogens with one attached hydrogen (secondary N) is 1. The quantitative estimate of drug-likeness (QED) is 0.244. The van der Waals surface area contributed by atoms with Crippen LogP contribution in [0, 0.1) is 18.6 Å². The molecule has 1 aliphatic rings. The number of benzene rings is 1. The Bertz CT molecular complexity index is 1940. The van der Waals surface area contributed by atoms with Crippen molar-refractivity contribution in [3.63, 3.8) is 0 Å². The fraction of sp³-hybridized carbons (Fsp3) is 0.355. The predicted octanol–water partition coefficient (Wildman–Crippen LogP) is 5.65. The van der Waals surface area contributed by atoms with E-state index in [0.717, 1.165) is 21.6 Å². The molecule has 48 heavy (non-hydrogen) atoms. The summed E-state index contributed by atoms with van der Waals surface area (Å²) in [6, 6.07) is 0.506. The lowest BCUT2D eigenvalue weighted by molar-refractivity contribution is -0.152. The summed E-state index contributed by atoms with van der Waals surface area (Å²) in [6.45, 7) is 1.20. The molecule has 2 N–H and O–H groups in total. The number of carbonyl (C=O) groups excluding carboxylic acids is 1. The van der Waals surface area contributed by atoms with E-state index < -0.39 is 82.3 Å². The second-order valence-electron chi connectivity index (χ2n) is 11.4. The molecule has 0 aliphatic carbocycles. The summed E-state index contributed by atoms with van der Waals surface area (Å²) < 4.78 is 115. The van der Waals surface area contributed by atoms with Crippen LogP contribution in [0.5, 0.6) is 0 Å². The van der Waals surface area contributed by atoms with Crippen molar-refractivity contribution in [2.45, 2.75) is 57.0 Å². The molecule has 1 aliphatic heterocycles. The molecule has 1 saturated heterocycles. The number of aromatic nitrogens is 3. The van der Waals surface area contributed by atoms with Crippen LogP contribution in [0.4, 0.5) is 40.8 Å². The van der Waals surface area contributed by atoms with Gasteiger partial charge in [0.05, 0.1) is 11.1 Å². The molecule has 0 unspecified atom stereocenters. The number of pyridine rings is 2. The van der Waals surface area contributed by atoms with Crippen LogP contribution in [0.15, 0.2) is 47.5 Å². The molecule has 0 saturated carbocycles. The van der Waals surface area contributed by atoms with Crippen molar-refractivity contribution in [3.05, 3.63) is 87.2 Å². The minimum absolute atomic E-state index is 0.0478. The minimum atomic E-state index is -4.91. The van der Waals surface area contributed by atoms with Gasteiger partial charge in [-0.1, -0.05) is 0 Å². The topological polar surface area (TPSA) is 109 Å². The second-order valence-corrected chi connectivity index (χ2v) is 11.4. The number of hydrogen-bond acceptors (Lipinski definition) is 5. The van der Waals surface area contributed by atoms with Crippen LogP contribution >= 0.6 is 0 Å². The number of amides is 1. The summed E-state index contributed by atoms with van der Waals surface area (Å²) in [7, 11) is 1.30. The summed E-state index contributed by atoms with van der Waals surface area (Å²) in [4.78, 5) is 43.0. The van der Waals surface area contributed by atoms with Crippen molar-refractivity contribution in [2.24, 2.45) is 7.05 Å². The van der Waals surface area contributed by atoms with Crippen LogP contribution in [-0.4, -0.2) is 55.7 Å². The average molecular weight is 686 g/mol. The zero-order chi connectivity index (χ0) is 35.3. The Labute approximate surface area is 266 Å². The lowest BCUT2D eigenvalue weighted by Crippen LogP contribution is -2.49.